The number of hydrogen-bond acceptors (Lipinski definition) is 0. The molecule has 69 valence electrons. The van der Waals surface area contributed by atoms with Gasteiger partial charge in [-0.1, -0.05) is 57.9 Å². The summed E-state index contributed by atoms with van der Waals surface area (Å²) in [6.07, 6.45) is 0. The van der Waals surface area contributed by atoms with Crippen molar-refractivity contribution in [1.29, 1.82) is 0 Å². The SMILES string of the molecule is Cc1ccc(-c2cc[c]c(Br)c2)cc1. The maximum atomic E-state index is 3.42. The fourth-order valence-electron chi connectivity index (χ4n) is 1.36. The van der Waals surface area contributed by atoms with Gasteiger partial charge in [-0.15, -0.1) is 0 Å². The third kappa shape index (κ3) is 2.05. The Balaban J connectivity index is 2.44. The van der Waals surface area contributed by atoms with Gasteiger partial charge in [-0.3, -0.25) is 0 Å². The van der Waals surface area contributed by atoms with Gasteiger partial charge in [0.15, 0.2) is 0 Å². The number of halogens is 1. The first-order valence-electron chi connectivity index (χ1n) is 4.50. The quantitative estimate of drug-likeness (QED) is 0.706. The van der Waals surface area contributed by atoms with Crippen molar-refractivity contribution in [1.82, 2.24) is 0 Å². The largest absolute Gasteiger partial charge is 0.0587 e. The van der Waals surface area contributed by atoms with E-state index in [0.717, 1.165) is 4.47 Å². The topological polar surface area (TPSA) is 0 Å². The fourth-order valence-corrected chi connectivity index (χ4v) is 1.74. The summed E-state index contributed by atoms with van der Waals surface area (Å²) in [5.41, 5.74) is 3.75. The molecule has 0 aliphatic carbocycles. The molecule has 0 aromatic heterocycles. The van der Waals surface area contributed by atoms with Gasteiger partial charge in [0, 0.05) is 4.47 Å². The summed E-state index contributed by atoms with van der Waals surface area (Å²) in [6, 6.07) is 17.7. The highest BCUT2D eigenvalue weighted by Crippen LogP contribution is 2.22. The van der Waals surface area contributed by atoms with Gasteiger partial charge < -0.3 is 0 Å². The van der Waals surface area contributed by atoms with Crippen LogP contribution in [0.3, 0.4) is 0 Å². The summed E-state index contributed by atoms with van der Waals surface area (Å²) in [5, 5.41) is 0. The third-order valence-electron chi connectivity index (χ3n) is 2.15. The van der Waals surface area contributed by atoms with Gasteiger partial charge in [-0.25, -0.2) is 0 Å². The zero-order valence-corrected chi connectivity index (χ0v) is 9.51. The molecule has 0 fully saturated rings. The normalized spacial score (nSPS) is 10.1. The van der Waals surface area contributed by atoms with Crippen LogP contribution in [-0.4, -0.2) is 0 Å². The van der Waals surface area contributed by atoms with Gasteiger partial charge in [0.2, 0.25) is 0 Å². The lowest BCUT2D eigenvalue weighted by Gasteiger charge is -2.02. The van der Waals surface area contributed by atoms with Crippen LogP contribution in [-0.2, 0) is 0 Å². The van der Waals surface area contributed by atoms with Crippen LogP contribution in [0, 0.1) is 13.0 Å². The average Bonchev–Trinajstić information content (AvgIpc) is 2.19. The van der Waals surface area contributed by atoms with Crippen LogP contribution in [0.4, 0.5) is 0 Å². The van der Waals surface area contributed by atoms with Crippen molar-refractivity contribution in [3.63, 3.8) is 0 Å². The van der Waals surface area contributed by atoms with Crippen molar-refractivity contribution >= 4 is 15.9 Å². The molecule has 2 rings (SSSR count). The summed E-state index contributed by atoms with van der Waals surface area (Å²) in [7, 11) is 0. The molecule has 0 spiro atoms. The van der Waals surface area contributed by atoms with Crippen LogP contribution in [0.25, 0.3) is 11.1 Å². The van der Waals surface area contributed by atoms with Gasteiger partial charge in [0.25, 0.3) is 0 Å². The van der Waals surface area contributed by atoms with Gasteiger partial charge >= 0.3 is 0 Å². The predicted octanol–water partition coefficient (Wildman–Crippen LogP) is 4.22. The Morgan fingerprint density at radius 1 is 1.00 bits per heavy atom. The Kier molecular flexibility index (Phi) is 2.69. The Hall–Kier alpha value is -1.08. The lowest BCUT2D eigenvalue weighted by Crippen LogP contribution is -1.78. The molecule has 0 N–H and O–H groups in total. The van der Waals surface area contributed by atoms with Crippen LogP contribution in [0.2, 0.25) is 0 Å². The van der Waals surface area contributed by atoms with Crippen LogP contribution in [0.1, 0.15) is 5.56 Å². The van der Waals surface area contributed by atoms with Crippen LogP contribution >= 0.6 is 15.9 Å². The molecule has 0 bridgehead atoms. The number of aryl methyl sites for hydroxylation is 1. The molecule has 0 saturated carbocycles. The van der Waals surface area contributed by atoms with E-state index in [2.05, 4.69) is 65.3 Å². The fraction of sp³-hybridized carbons (Fsp3) is 0.0769. The van der Waals surface area contributed by atoms with Crippen molar-refractivity contribution in [2.45, 2.75) is 6.92 Å². The lowest BCUT2D eigenvalue weighted by molar-refractivity contribution is 1.47. The van der Waals surface area contributed by atoms with Gasteiger partial charge in [-0.2, -0.15) is 0 Å². The summed E-state index contributed by atoms with van der Waals surface area (Å²) >= 11 is 3.42. The number of benzene rings is 2. The second-order valence-electron chi connectivity index (χ2n) is 3.29. The molecule has 0 saturated heterocycles. The molecule has 2 aromatic carbocycles. The van der Waals surface area contributed by atoms with Crippen LogP contribution < -0.4 is 0 Å². The number of hydrogen-bond donors (Lipinski definition) is 0. The molecule has 0 nitrogen and oxygen atoms in total. The van der Waals surface area contributed by atoms with E-state index in [0.29, 0.717) is 0 Å². The molecule has 0 amide bonds. The van der Waals surface area contributed by atoms with Crippen molar-refractivity contribution < 1.29 is 0 Å². The summed E-state index contributed by atoms with van der Waals surface area (Å²) in [4.78, 5) is 0. The molecular weight excluding hydrogens is 236 g/mol. The standard InChI is InChI=1S/C13H10Br/c1-10-5-7-11(8-6-10)12-3-2-4-13(14)9-12/h2-3,5-9H,1H3. The minimum Gasteiger partial charge on any atom is -0.0587 e. The molecule has 0 atom stereocenters. The minimum atomic E-state index is 0.996. The molecule has 0 unspecified atom stereocenters. The van der Waals surface area contributed by atoms with E-state index < -0.39 is 0 Å². The van der Waals surface area contributed by atoms with Gasteiger partial charge in [0.05, 0.1) is 0 Å². The van der Waals surface area contributed by atoms with E-state index in [4.69, 9.17) is 0 Å². The smallest absolute Gasteiger partial charge is 0.0260 e. The van der Waals surface area contributed by atoms with Crippen molar-refractivity contribution in [2.24, 2.45) is 0 Å². The van der Waals surface area contributed by atoms with Gasteiger partial charge in [0.1, 0.15) is 0 Å². The maximum Gasteiger partial charge on any atom is 0.0260 e. The summed E-state index contributed by atoms with van der Waals surface area (Å²) in [6.45, 7) is 2.10. The predicted molar refractivity (Wildman–Crippen MR) is 63.2 cm³/mol. The van der Waals surface area contributed by atoms with E-state index in [1.54, 1.807) is 0 Å². The first-order chi connectivity index (χ1) is 6.75. The van der Waals surface area contributed by atoms with E-state index >= 15 is 0 Å². The average molecular weight is 246 g/mol. The van der Waals surface area contributed by atoms with E-state index in [1.165, 1.54) is 16.7 Å². The lowest BCUT2D eigenvalue weighted by atomic mass is 10.0. The zero-order chi connectivity index (χ0) is 9.97. The van der Waals surface area contributed by atoms with Crippen molar-refractivity contribution in [2.75, 3.05) is 0 Å². The molecular formula is C13H10Br. The summed E-state index contributed by atoms with van der Waals surface area (Å²) < 4.78 is 0.996. The zero-order valence-electron chi connectivity index (χ0n) is 7.92. The van der Waals surface area contributed by atoms with Crippen LogP contribution in [0.5, 0.6) is 0 Å². The molecule has 0 aliphatic heterocycles. The van der Waals surface area contributed by atoms with Crippen molar-refractivity contribution in [3.8, 4) is 11.1 Å². The second-order valence-corrected chi connectivity index (χ2v) is 4.15. The molecule has 14 heavy (non-hydrogen) atoms. The maximum absolute atomic E-state index is 3.42. The molecule has 0 aliphatic rings. The Morgan fingerprint density at radius 2 is 1.71 bits per heavy atom. The summed E-state index contributed by atoms with van der Waals surface area (Å²) in [5.74, 6) is 0. The molecule has 1 radical (unpaired) electrons. The highest BCUT2D eigenvalue weighted by atomic mass is 79.9. The van der Waals surface area contributed by atoms with Gasteiger partial charge in [-0.05, 0) is 30.2 Å². The van der Waals surface area contributed by atoms with Crippen LogP contribution in [0.15, 0.2) is 46.9 Å². The number of rotatable bonds is 1. The van der Waals surface area contributed by atoms with E-state index in [-0.39, 0.29) is 0 Å². The Labute approximate surface area is 92.7 Å². The van der Waals surface area contributed by atoms with E-state index in [1.807, 2.05) is 6.07 Å². The Morgan fingerprint density at radius 3 is 2.36 bits per heavy atom. The molecule has 1 heteroatoms. The monoisotopic (exact) mass is 245 g/mol. The molecule has 0 heterocycles. The highest BCUT2D eigenvalue weighted by molar-refractivity contribution is 9.10. The Bertz CT molecular complexity index is 429. The van der Waals surface area contributed by atoms with E-state index in [9.17, 15) is 0 Å². The van der Waals surface area contributed by atoms with Crippen molar-refractivity contribution in [3.05, 3.63) is 58.6 Å². The first-order valence-corrected chi connectivity index (χ1v) is 5.29. The highest BCUT2D eigenvalue weighted by Gasteiger charge is 1.97. The molecule has 2 aromatic rings. The first kappa shape index (κ1) is 9.47. The third-order valence-corrected chi connectivity index (χ3v) is 2.61. The minimum absolute atomic E-state index is 0.996. The second kappa shape index (κ2) is 3.97.